The van der Waals surface area contributed by atoms with Crippen LogP contribution >= 0.6 is 11.5 Å². The van der Waals surface area contributed by atoms with Crippen LogP contribution in [0.4, 0.5) is 0 Å². The van der Waals surface area contributed by atoms with E-state index in [0.29, 0.717) is 15.7 Å². The molecule has 4 nitrogen and oxygen atoms in total. The van der Waals surface area contributed by atoms with Gasteiger partial charge in [-0.15, -0.1) is 0 Å². The van der Waals surface area contributed by atoms with Gasteiger partial charge in [0.15, 0.2) is 5.03 Å². The predicted octanol–water partition coefficient (Wildman–Crippen LogP) is 1.27. The zero-order chi connectivity index (χ0) is 11.4. The van der Waals surface area contributed by atoms with Crippen molar-refractivity contribution >= 4 is 33.1 Å². The fourth-order valence-corrected chi connectivity index (χ4v) is 4.08. The summed E-state index contributed by atoms with van der Waals surface area (Å²) in [5.41, 5.74) is 0.236. The molecule has 0 amide bonds. The molecule has 1 aromatic heterocycles. The largest absolute Gasteiger partial charge is 0.253 e. The molecule has 0 N–H and O–H groups in total. The second kappa shape index (κ2) is 5.49. The average Bonchev–Trinajstić information content (AvgIpc) is 2.70. The van der Waals surface area contributed by atoms with E-state index in [1.165, 1.54) is 0 Å². The van der Waals surface area contributed by atoms with E-state index in [1.54, 1.807) is 13.8 Å². The van der Waals surface area contributed by atoms with Crippen LogP contribution in [0.1, 0.15) is 19.4 Å². The van der Waals surface area contributed by atoms with Gasteiger partial charge in [-0.2, -0.15) is 9.64 Å². The first-order chi connectivity index (χ1) is 7.15. The van der Waals surface area contributed by atoms with E-state index in [0.717, 1.165) is 11.5 Å². The Morgan fingerprint density at radius 3 is 2.40 bits per heavy atom. The van der Waals surface area contributed by atoms with E-state index < -0.39 is 21.6 Å². The van der Waals surface area contributed by atoms with Crippen LogP contribution in [0, 0.1) is 11.3 Å². The normalized spacial score (nSPS) is 14.5. The zero-order valence-corrected chi connectivity index (χ0v) is 10.8. The zero-order valence-electron chi connectivity index (χ0n) is 8.35. The minimum atomic E-state index is -1.26. The van der Waals surface area contributed by atoms with Crippen LogP contribution in [0.3, 0.4) is 0 Å². The van der Waals surface area contributed by atoms with Gasteiger partial charge in [0.2, 0.25) is 0 Å². The van der Waals surface area contributed by atoms with E-state index in [9.17, 15) is 8.42 Å². The molecule has 0 aliphatic rings. The predicted molar refractivity (Wildman–Crippen MR) is 60.7 cm³/mol. The van der Waals surface area contributed by atoms with Gasteiger partial charge < -0.3 is 0 Å². The molecule has 1 rings (SSSR count). The Morgan fingerprint density at radius 2 is 1.93 bits per heavy atom. The van der Waals surface area contributed by atoms with Crippen LogP contribution in [0.2, 0.25) is 0 Å². The monoisotopic (exact) mass is 262 g/mol. The number of aromatic nitrogens is 1. The van der Waals surface area contributed by atoms with Gasteiger partial charge in [0.25, 0.3) is 0 Å². The molecule has 0 bridgehead atoms. The summed E-state index contributed by atoms with van der Waals surface area (Å²) in [6.45, 7) is 3.53. The van der Waals surface area contributed by atoms with Gasteiger partial charge in [-0.1, -0.05) is 13.8 Å². The molecule has 0 radical (unpaired) electrons. The first-order valence-corrected chi connectivity index (χ1v) is 7.73. The van der Waals surface area contributed by atoms with Crippen LogP contribution in [0.15, 0.2) is 9.24 Å². The molecule has 0 aliphatic carbocycles. The van der Waals surface area contributed by atoms with Crippen molar-refractivity contribution in [3.63, 3.8) is 0 Å². The van der Waals surface area contributed by atoms with Crippen molar-refractivity contribution in [1.29, 1.82) is 5.26 Å². The molecular formula is C8H10N2O2S3. The Kier molecular flexibility index (Phi) is 4.57. The maximum atomic E-state index is 11.5. The van der Waals surface area contributed by atoms with E-state index in [-0.39, 0.29) is 10.6 Å². The summed E-state index contributed by atoms with van der Waals surface area (Å²) in [6, 6.07) is 1.94. The number of nitriles is 1. The van der Waals surface area contributed by atoms with Crippen molar-refractivity contribution in [3.05, 3.63) is 5.56 Å². The van der Waals surface area contributed by atoms with Gasteiger partial charge in [0.05, 0.1) is 21.6 Å². The van der Waals surface area contributed by atoms with E-state index in [2.05, 4.69) is 4.37 Å². The van der Waals surface area contributed by atoms with Crippen LogP contribution < -0.4 is 0 Å². The molecule has 0 spiro atoms. The third kappa shape index (κ3) is 2.51. The van der Waals surface area contributed by atoms with Crippen LogP contribution in [0.5, 0.6) is 0 Å². The minimum Gasteiger partial charge on any atom is -0.253 e. The van der Waals surface area contributed by atoms with E-state index in [4.69, 9.17) is 5.26 Å². The minimum absolute atomic E-state index is 0.236. The first-order valence-electron chi connectivity index (χ1n) is 4.32. The molecule has 1 aromatic rings. The summed E-state index contributed by atoms with van der Waals surface area (Å²) in [6.07, 6.45) is 0. The molecule has 15 heavy (non-hydrogen) atoms. The molecule has 0 saturated heterocycles. The van der Waals surface area contributed by atoms with Gasteiger partial charge >= 0.3 is 0 Å². The van der Waals surface area contributed by atoms with Gasteiger partial charge in [-0.05, 0) is 11.5 Å². The Labute approximate surface area is 97.4 Å². The lowest BCUT2D eigenvalue weighted by Crippen LogP contribution is -1.99. The number of nitrogens with zero attached hydrogens (tertiary/aromatic N) is 2. The SMILES string of the molecule is CCS(=O)c1nsc(S(=O)CC)c1C#N. The lowest BCUT2D eigenvalue weighted by molar-refractivity contribution is 0.681. The summed E-state index contributed by atoms with van der Waals surface area (Å²) < 4.78 is 27.5. The second-order valence-electron chi connectivity index (χ2n) is 2.53. The first kappa shape index (κ1) is 12.5. The molecule has 0 aromatic carbocycles. The number of rotatable bonds is 4. The number of hydrogen-bond acceptors (Lipinski definition) is 5. The molecule has 1 heterocycles. The van der Waals surface area contributed by atoms with Gasteiger partial charge in [-0.25, -0.2) is 0 Å². The third-order valence-electron chi connectivity index (χ3n) is 1.69. The van der Waals surface area contributed by atoms with Crippen molar-refractivity contribution in [2.75, 3.05) is 11.5 Å². The standard InChI is InChI=1S/C8H10N2O2S3/c1-3-14(11)7-6(5-9)8(13-10-7)15(12)4-2/h3-4H2,1-2H3. The highest BCUT2D eigenvalue weighted by Crippen LogP contribution is 2.24. The number of hydrogen-bond donors (Lipinski definition) is 0. The van der Waals surface area contributed by atoms with Gasteiger partial charge in [-0.3, -0.25) is 8.42 Å². The topological polar surface area (TPSA) is 70.8 Å². The van der Waals surface area contributed by atoms with Gasteiger partial charge in [0.1, 0.15) is 15.8 Å². The lowest BCUT2D eigenvalue weighted by Gasteiger charge is -1.95. The Bertz CT molecular complexity index is 414. The average molecular weight is 262 g/mol. The molecule has 2 unspecified atom stereocenters. The van der Waals surface area contributed by atoms with Crippen molar-refractivity contribution in [2.45, 2.75) is 23.1 Å². The molecule has 0 fully saturated rings. The molecule has 0 saturated carbocycles. The van der Waals surface area contributed by atoms with E-state index in [1.807, 2.05) is 6.07 Å². The quantitative estimate of drug-likeness (QED) is 0.819. The maximum absolute atomic E-state index is 11.5. The maximum Gasteiger partial charge on any atom is 0.160 e. The Hall–Kier alpha value is -0.580. The summed E-state index contributed by atoms with van der Waals surface area (Å²) in [4.78, 5) is 0. The molecule has 82 valence electrons. The fourth-order valence-electron chi connectivity index (χ4n) is 0.934. The van der Waals surface area contributed by atoms with Crippen LogP contribution in [-0.2, 0) is 21.6 Å². The highest BCUT2D eigenvalue weighted by molar-refractivity contribution is 7.87. The van der Waals surface area contributed by atoms with Crippen molar-refractivity contribution in [3.8, 4) is 6.07 Å². The molecule has 2 atom stereocenters. The molecular weight excluding hydrogens is 252 g/mol. The summed E-state index contributed by atoms with van der Waals surface area (Å²) in [5, 5.41) is 9.20. The Balaban J connectivity index is 3.24. The van der Waals surface area contributed by atoms with Crippen molar-refractivity contribution in [1.82, 2.24) is 4.37 Å². The summed E-state index contributed by atoms with van der Waals surface area (Å²) in [7, 11) is -2.46. The third-order valence-corrected chi connectivity index (χ3v) is 5.62. The van der Waals surface area contributed by atoms with E-state index >= 15 is 0 Å². The van der Waals surface area contributed by atoms with Crippen molar-refractivity contribution in [2.24, 2.45) is 0 Å². The second-order valence-corrected chi connectivity index (χ2v) is 6.89. The lowest BCUT2D eigenvalue weighted by atomic mass is 10.4. The Morgan fingerprint density at radius 1 is 1.33 bits per heavy atom. The molecule has 7 heteroatoms. The van der Waals surface area contributed by atoms with Gasteiger partial charge in [0, 0.05) is 11.5 Å². The summed E-state index contributed by atoms with van der Waals surface area (Å²) in [5.74, 6) is 0.853. The molecule has 0 aliphatic heterocycles. The smallest absolute Gasteiger partial charge is 0.160 e. The fraction of sp³-hybridized carbons (Fsp3) is 0.500. The van der Waals surface area contributed by atoms with Crippen LogP contribution in [-0.4, -0.2) is 24.3 Å². The van der Waals surface area contributed by atoms with Crippen molar-refractivity contribution < 1.29 is 8.42 Å². The highest BCUT2D eigenvalue weighted by atomic mass is 32.2. The van der Waals surface area contributed by atoms with Crippen LogP contribution in [0.25, 0.3) is 0 Å². The highest BCUT2D eigenvalue weighted by Gasteiger charge is 2.20. The summed E-state index contributed by atoms with van der Waals surface area (Å²) >= 11 is 1.01.